The number of nitrogens with one attached hydrogen (secondary N) is 2. The van der Waals surface area contributed by atoms with Gasteiger partial charge in [0, 0.05) is 24.7 Å². The maximum atomic E-state index is 12.2. The summed E-state index contributed by atoms with van der Waals surface area (Å²) in [5, 5.41) is 4.75. The standard InChI is InChI=1S/C16H19N3O5S/c1-16(14(22)17-15(23)18-16)9-25-11-7-5-4-6-10(11)13(21)24-8-12(20)19(2)3/h4-7H,8-9H2,1-3H3,(H2,17,18,22,23)/t16-/m1/s1. The number of amides is 4. The number of imide groups is 1. The van der Waals surface area contributed by atoms with E-state index in [-0.39, 0.29) is 18.3 Å². The Labute approximate surface area is 149 Å². The van der Waals surface area contributed by atoms with E-state index in [9.17, 15) is 19.2 Å². The maximum absolute atomic E-state index is 12.2. The van der Waals surface area contributed by atoms with E-state index in [4.69, 9.17) is 4.74 Å². The lowest BCUT2D eigenvalue weighted by molar-refractivity contribution is -0.132. The van der Waals surface area contributed by atoms with Gasteiger partial charge in [-0.15, -0.1) is 11.8 Å². The van der Waals surface area contributed by atoms with Crippen molar-refractivity contribution in [3.63, 3.8) is 0 Å². The zero-order valence-electron chi connectivity index (χ0n) is 14.1. The van der Waals surface area contributed by atoms with E-state index in [0.29, 0.717) is 10.5 Å². The third-order valence-corrected chi connectivity index (χ3v) is 4.96. The quantitative estimate of drug-likeness (QED) is 0.435. The highest BCUT2D eigenvalue weighted by molar-refractivity contribution is 7.99. The molecule has 1 aliphatic heterocycles. The van der Waals surface area contributed by atoms with Gasteiger partial charge in [0.15, 0.2) is 6.61 Å². The Morgan fingerprint density at radius 1 is 1.24 bits per heavy atom. The minimum atomic E-state index is -1.06. The third-order valence-electron chi connectivity index (χ3n) is 3.57. The largest absolute Gasteiger partial charge is 0.452 e. The van der Waals surface area contributed by atoms with Crippen LogP contribution in [0.5, 0.6) is 0 Å². The van der Waals surface area contributed by atoms with Gasteiger partial charge >= 0.3 is 12.0 Å². The molecule has 8 nitrogen and oxygen atoms in total. The van der Waals surface area contributed by atoms with Gasteiger partial charge in [0.2, 0.25) is 0 Å². The molecule has 0 bridgehead atoms. The minimum absolute atomic E-state index is 0.242. The van der Waals surface area contributed by atoms with Gasteiger partial charge in [-0.25, -0.2) is 9.59 Å². The number of hydrogen-bond donors (Lipinski definition) is 2. The first-order valence-electron chi connectivity index (χ1n) is 7.45. The third kappa shape index (κ3) is 4.50. The summed E-state index contributed by atoms with van der Waals surface area (Å²) in [5.74, 6) is -1.12. The zero-order chi connectivity index (χ0) is 18.6. The number of benzene rings is 1. The summed E-state index contributed by atoms with van der Waals surface area (Å²) < 4.78 is 5.03. The van der Waals surface area contributed by atoms with Crippen LogP contribution in [0.3, 0.4) is 0 Å². The number of urea groups is 1. The van der Waals surface area contributed by atoms with E-state index >= 15 is 0 Å². The molecule has 0 saturated carbocycles. The number of likely N-dealkylation sites (N-methyl/N-ethyl adjacent to an activating group) is 1. The highest BCUT2D eigenvalue weighted by atomic mass is 32.2. The molecule has 25 heavy (non-hydrogen) atoms. The SMILES string of the molecule is CN(C)C(=O)COC(=O)c1ccccc1SC[C@@]1(C)NC(=O)NC1=O. The molecule has 9 heteroatoms. The van der Waals surface area contributed by atoms with Crippen LogP contribution in [0.25, 0.3) is 0 Å². The van der Waals surface area contributed by atoms with Crippen LogP contribution in [0.1, 0.15) is 17.3 Å². The number of esters is 1. The Bertz CT molecular complexity index is 721. The van der Waals surface area contributed by atoms with Crippen LogP contribution >= 0.6 is 11.8 Å². The highest BCUT2D eigenvalue weighted by Crippen LogP contribution is 2.28. The number of carbonyl (C=O) groups is 4. The smallest absolute Gasteiger partial charge is 0.339 e. The molecule has 1 saturated heterocycles. The van der Waals surface area contributed by atoms with Crippen LogP contribution in [-0.4, -0.2) is 60.7 Å². The van der Waals surface area contributed by atoms with Crippen molar-refractivity contribution in [3.8, 4) is 0 Å². The van der Waals surface area contributed by atoms with E-state index in [1.165, 1.54) is 16.7 Å². The van der Waals surface area contributed by atoms with Gasteiger partial charge in [-0.2, -0.15) is 0 Å². The number of thioether (sulfide) groups is 1. The first-order chi connectivity index (χ1) is 11.7. The molecule has 0 radical (unpaired) electrons. The van der Waals surface area contributed by atoms with Gasteiger partial charge in [-0.05, 0) is 19.1 Å². The van der Waals surface area contributed by atoms with Crippen molar-refractivity contribution in [1.29, 1.82) is 0 Å². The van der Waals surface area contributed by atoms with Gasteiger partial charge in [0.25, 0.3) is 11.8 Å². The number of carbonyl (C=O) groups excluding carboxylic acids is 4. The summed E-state index contributed by atoms with van der Waals surface area (Å²) in [7, 11) is 3.14. The fourth-order valence-electron chi connectivity index (χ4n) is 2.00. The van der Waals surface area contributed by atoms with E-state index in [0.717, 1.165) is 0 Å². The summed E-state index contributed by atoms with van der Waals surface area (Å²) in [6.07, 6.45) is 0. The second-order valence-corrected chi connectivity index (χ2v) is 6.91. The second kappa shape index (κ2) is 7.56. The lowest BCUT2D eigenvalue weighted by atomic mass is 10.1. The molecule has 134 valence electrons. The number of ether oxygens (including phenoxy) is 1. The Morgan fingerprint density at radius 2 is 1.92 bits per heavy atom. The molecule has 1 aromatic carbocycles. The zero-order valence-corrected chi connectivity index (χ0v) is 14.9. The molecule has 2 N–H and O–H groups in total. The predicted octanol–water partition coefficient (Wildman–Crippen LogP) is 0.622. The molecule has 1 aromatic rings. The molecule has 4 amide bonds. The first kappa shape index (κ1) is 18.8. The van der Waals surface area contributed by atoms with Gasteiger partial charge in [0.1, 0.15) is 5.54 Å². The Hall–Kier alpha value is -2.55. The van der Waals surface area contributed by atoms with Crippen molar-refractivity contribution in [2.75, 3.05) is 26.5 Å². The Balaban J connectivity index is 2.05. The summed E-state index contributed by atoms with van der Waals surface area (Å²) in [6, 6.07) is 6.19. The van der Waals surface area contributed by atoms with Crippen LogP contribution in [0.4, 0.5) is 4.79 Å². The molecule has 0 aliphatic carbocycles. The number of rotatable bonds is 6. The summed E-state index contributed by atoms with van der Waals surface area (Å²) in [6.45, 7) is 1.26. The van der Waals surface area contributed by atoms with Crippen LogP contribution in [-0.2, 0) is 14.3 Å². The van der Waals surface area contributed by atoms with Crippen molar-refractivity contribution in [2.45, 2.75) is 17.4 Å². The summed E-state index contributed by atoms with van der Waals surface area (Å²) in [4.78, 5) is 48.8. The van der Waals surface area contributed by atoms with Crippen molar-refractivity contribution in [1.82, 2.24) is 15.5 Å². The summed E-state index contributed by atoms with van der Waals surface area (Å²) in [5.41, 5.74) is -0.757. The van der Waals surface area contributed by atoms with Crippen molar-refractivity contribution in [2.24, 2.45) is 0 Å². The fourth-order valence-corrected chi connectivity index (χ4v) is 3.13. The first-order valence-corrected chi connectivity index (χ1v) is 8.44. The molecule has 0 unspecified atom stereocenters. The molecular weight excluding hydrogens is 346 g/mol. The Morgan fingerprint density at radius 3 is 2.52 bits per heavy atom. The van der Waals surface area contributed by atoms with E-state index in [2.05, 4.69) is 10.6 Å². The highest BCUT2D eigenvalue weighted by Gasteiger charge is 2.41. The van der Waals surface area contributed by atoms with Crippen LogP contribution in [0.15, 0.2) is 29.2 Å². The van der Waals surface area contributed by atoms with Crippen molar-refractivity contribution < 1.29 is 23.9 Å². The minimum Gasteiger partial charge on any atom is -0.452 e. The molecule has 0 aromatic heterocycles. The van der Waals surface area contributed by atoms with Crippen LogP contribution < -0.4 is 10.6 Å². The molecule has 0 spiro atoms. The topological polar surface area (TPSA) is 105 Å². The van der Waals surface area contributed by atoms with Gasteiger partial charge < -0.3 is 15.0 Å². The fraction of sp³-hybridized carbons (Fsp3) is 0.375. The van der Waals surface area contributed by atoms with Crippen LogP contribution in [0.2, 0.25) is 0 Å². The van der Waals surface area contributed by atoms with Crippen LogP contribution in [0, 0.1) is 0 Å². The number of hydrogen-bond acceptors (Lipinski definition) is 6. The van der Waals surface area contributed by atoms with E-state index in [1.54, 1.807) is 45.3 Å². The second-order valence-electron chi connectivity index (χ2n) is 5.89. The molecule has 1 fully saturated rings. The van der Waals surface area contributed by atoms with Crippen molar-refractivity contribution >= 4 is 35.6 Å². The lowest BCUT2D eigenvalue weighted by Crippen LogP contribution is -2.46. The maximum Gasteiger partial charge on any atom is 0.339 e. The normalized spacial score (nSPS) is 19.2. The number of nitrogens with zero attached hydrogens (tertiary/aromatic N) is 1. The molecule has 1 heterocycles. The van der Waals surface area contributed by atoms with Gasteiger partial charge in [-0.1, -0.05) is 12.1 Å². The predicted molar refractivity (Wildman–Crippen MR) is 91.2 cm³/mol. The molecule has 1 aliphatic rings. The monoisotopic (exact) mass is 365 g/mol. The average molecular weight is 365 g/mol. The lowest BCUT2D eigenvalue weighted by Gasteiger charge is -2.20. The van der Waals surface area contributed by atoms with Crippen molar-refractivity contribution in [3.05, 3.63) is 29.8 Å². The average Bonchev–Trinajstić information content (AvgIpc) is 2.83. The Kier molecular flexibility index (Phi) is 5.68. The molecule has 1 atom stereocenters. The van der Waals surface area contributed by atoms with Gasteiger partial charge in [-0.3, -0.25) is 14.9 Å². The summed E-state index contributed by atoms with van der Waals surface area (Å²) >= 11 is 1.25. The van der Waals surface area contributed by atoms with E-state index < -0.39 is 23.4 Å². The van der Waals surface area contributed by atoms with E-state index in [1.807, 2.05) is 0 Å². The molecular formula is C16H19N3O5S. The molecule has 2 rings (SSSR count). The van der Waals surface area contributed by atoms with Gasteiger partial charge in [0.05, 0.1) is 5.56 Å².